The Morgan fingerprint density at radius 2 is 1.93 bits per heavy atom. The van der Waals surface area contributed by atoms with Crippen molar-refractivity contribution in [2.75, 3.05) is 49.7 Å². The minimum Gasteiger partial charge on any atom is -0.381 e. The number of hydrogen-bond acceptors (Lipinski definition) is 5. The summed E-state index contributed by atoms with van der Waals surface area (Å²) in [6.07, 6.45) is 2.75. The summed E-state index contributed by atoms with van der Waals surface area (Å²) >= 11 is 0. The number of carbonyl (C=O) groups is 2. The Balaban J connectivity index is 1.47. The third-order valence-corrected chi connectivity index (χ3v) is 5.99. The summed E-state index contributed by atoms with van der Waals surface area (Å²) in [5, 5.41) is 2.83. The highest BCUT2D eigenvalue weighted by atomic mass is 16.5. The highest BCUT2D eigenvalue weighted by Crippen LogP contribution is 2.32. The van der Waals surface area contributed by atoms with Gasteiger partial charge in [-0.05, 0) is 38.3 Å². The van der Waals surface area contributed by atoms with Crippen molar-refractivity contribution in [3.8, 4) is 0 Å². The van der Waals surface area contributed by atoms with E-state index in [0.717, 1.165) is 51.3 Å². The van der Waals surface area contributed by atoms with Gasteiger partial charge in [-0.25, -0.2) is 0 Å². The molecule has 1 N–H and O–H groups in total. The lowest BCUT2D eigenvalue weighted by Gasteiger charge is -2.36. The molecule has 0 bridgehead atoms. The Morgan fingerprint density at radius 3 is 2.74 bits per heavy atom. The van der Waals surface area contributed by atoms with Crippen LogP contribution in [-0.2, 0) is 19.1 Å². The first-order valence-corrected chi connectivity index (χ1v) is 9.74. The Hall–Kier alpha value is -1.96. The van der Waals surface area contributed by atoms with Gasteiger partial charge in [-0.15, -0.1) is 0 Å². The van der Waals surface area contributed by atoms with Gasteiger partial charge in [0.25, 0.3) is 0 Å². The second-order valence-corrected chi connectivity index (χ2v) is 7.60. The first kappa shape index (κ1) is 18.4. The molecular formula is C20H27N3O4. The number of nitrogens with one attached hydrogen (secondary N) is 1. The summed E-state index contributed by atoms with van der Waals surface area (Å²) in [7, 11) is 0. The summed E-state index contributed by atoms with van der Waals surface area (Å²) in [6.45, 7) is 5.63. The summed E-state index contributed by atoms with van der Waals surface area (Å²) < 4.78 is 11.7. The molecule has 7 heteroatoms. The van der Waals surface area contributed by atoms with E-state index in [0.29, 0.717) is 12.3 Å². The molecule has 0 saturated carbocycles. The summed E-state index contributed by atoms with van der Waals surface area (Å²) in [5.74, 6) is -0.199. The number of amides is 2. The van der Waals surface area contributed by atoms with E-state index in [9.17, 15) is 9.59 Å². The molecule has 1 unspecified atom stereocenters. The first-order chi connectivity index (χ1) is 13.1. The largest absolute Gasteiger partial charge is 0.381 e. The van der Waals surface area contributed by atoms with Gasteiger partial charge in [0.05, 0.1) is 29.6 Å². The molecule has 0 radical (unpaired) electrons. The summed E-state index contributed by atoms with van der Waals surface area (Å²) in [6, 6.07) is 7.14. The van der Waals surface area contributed by atoms with Gasteiger partial charge >= 0.3 is 0 Å². The highest BCUT2D eigenvalue weighted by molar-refractivity contribution is 6.11. The van der Waals surface area contributed by atoms with Crippen LogP contribution in [0.25, 0.3) is 0 Å². The average Bonchev–Trinajstić information content (AvgIpc) is 2.89. The molecule has 3 heterocycles. The molecule has 3 aliphatic rings. The summed E-state index contributed by atoms with van der Waals surface area (Å²) in [5.41, 5.74) is 1.35. The lowest BCUT2D eigenvalue weighted by atomic mass is 9.90. The number of benzene rings is 1. The zero-order chi connectivity index (χ0) is 18.9. The quantitative estimate of drug-likeness (QED) is 0.853. The molecule has 1 spiro atoms. The van der Waals surface area contributed by atoms with Crippen molar-refractivity contribution in [3.63, 3.8) is 0 Å². The number of hydrogen-bond donors (Lipinski definition) is 1. The van der Waals surface area contributed by atoms with Gasteiger partial charge in [-0.2, -0.15) is 0 Å². The maximum absolute atomic E-state index is 13.2. The standard InChI is InChI=1S/C20H27N3O4/c1-15(22-9-6-20(27-13-10-22)7-11-26-12-8-20)19(25)23-14-18(24)21-16-4-2-3-5-17(16)23/h2-5,15H,6-14H2,1H3,(H,21,24). The van der Waals surface area contributed by atoms with Crippen LogP contribution in [-0.4, -0.2) is 67.8 Å². The van der Waals surface area contributed by atoms with Crippen LogP contribution in [0.5, 0.6) is 0 Å². The fourth-order valence-electron chi connectivity index (χ4n) is 4.25. The Labute approximate surface area is 159 Å². The van der Waals surface area contributed by atoms with E-state index in [1.807, 2.05) is 31.2 Å². The maximum atomic E-state index is 13.2. The number of carbonyl (C=O) groups excluding carboxylic acids is 2. The number of ether oxygens (including phenoxy) is 2. The van der Waals surface area contributed by atoms with Crippen molar-refractivity contribution in [1.82, 2.24) is 4.90 Å². The van der Waals surface area contributed by atoms with Crippen LogP contribution in [0.1, 0.15) is 26.2 Å². The SMILES string of the molecule is CC(C(=O)N1CC(=O)Nc2ccccc21)N1CCOC2(CCOCC2)CC1. The third-order valence-electron chi connectivity index (χ3n) is 5.99. The Bertz CT molecular complexity index is 717. The third kappa shape index (κ3) is 3.72. The molecular weight excluding hydrogens is 346 g/mol. The van der Waals surface area contributed by atoms with Crippen LogP contribution in [0.4, 0.5) is 11.4 Å². The van der Waals surface area contributed by atoms with Gasteiger partial charge in [0.2, 0.25) is 11.8 Å². The predicted molar refractivity (Wildman–Crippen MR) is 102 cm³/mol. The molecule has 4 rings (SSSR count). The van der Waals surface area contributed by atoms with Crippen molar-refractivity contribution < 1.29 is 19.1 Å². The molecule has 2 saturated heterocycles. The van der Waals surface area contributed by atoms with Crippen molar-refractivity contribution in [2.45, 2.75) is 37.8 Å². The monoisotopic (exact) mass is 373 g/mol. The molecule has 3 aliphatic heterocycles. The van der Waals surface area contributed by atoms with Gasteiger partial charge in [0.1, 0.15) is 6.54 Å². The molecule has 2 fully saturated rings. The van der Waals surface area contributed by atoms with E-state index in [1.165, 1.54) is 0 Å². The van der Waals surface area contributed by atoms with Crippen LogP contribution >= 0.6 is 0 Å². The molecule has 1 aromatic rings. The van der Waals surface area contributed by atoms with Crippen LogP contribution < -0.4 is 10.2 Å². The highest BCUT2D eigenvalue weighted by Gasteiger charge is 2.38. The molecule has 0 aromatic heterocycles. The molecule has 7 nitrogen and oxygen atoms in total. The number of para-hydroxylation sites is 2. The molecule has 0 aliphatic carbocycles. The van der Waals surface area contributed by atoms with Gasteiger partial charge in [-0.3, -0.25) is 19.4 Å². The van der Waals surface area contributed by atoms with Crippen molar-refractivity contribution in [3.05, 3.63) is 24.3 Å². The van der Waals surface area contributed by atoms with Crippen LogP contribution in [0.3, 0.4) is 0 Å². The van der Waals surface area contributed by atoms with E-state index in [1.54, 1.807) is 4.90 Å². The predicted octanol–water partition coefficient (Wildman–Crippen LogP) is 1.63. The van der Waals surface area contributed by atoms with Crippen LogP contribution in [0.2, 0.25) is 0 Å². The molecule has 2 amide bonds. The molecule has 27 heavy (non-hydrogen) atoms. The van der Waals surface area contributed by atoms with E-state index >= 15 is 0 Å². The van der Waals surface area contributed by atoms with Crippen LogP contribution in [0.15, 0.2) is 24.3 Å². The summed E-state index contributed by atoms with van der Waals surface area (Å²) in [4.78, 5) is 29.1. The fraction of sp³-hybridized carbons (Fsp3) is 0.600. The Morgan fingerprint density at radius 1 is 1.15 bits per heavy atom. The molecule has 146 valence electrons. The smallest absolute Gasteiger partial charge is 0.244 e. The van der Waals surface area contributed by atoms with E-state index < -0.39 is 0 Å². The lowest BCUT2D eigenvalue weighted by Crippen LogP contribution is -2.51. The van der Waals surface area contributed by atoms with Crippen molar-refractivity contribution in [1.29, 1.82) is 0 Å². The van der Waals surface area contributed by atoms with Gasteiger partial charge in [0.15, 0.2) is 0 Å². The Kier molecular flexibility index (Phi) is 5.16. The second kappa shape index (κ2) is 7.58. The van der Waals surface area contributed by atoms with E-state index in [2.05, 4.69) is 10.2 Å². The van der Waals surface area contributed by atoms with E-state index in [4.69, 9.17) is 9.47 Å². The number of fused-ring (bicyclic) bond motifs is 1. The van der Waals surface area contributed by atoms with Crippen molar-refractivity contribution in [2.24, 2.45) is 0 Å². The van der Waals surface area contributed by atoms with Crippen molar-refractivity contribution >= 4 is 23.2 Å². The van der Waals surface area contributed by atoms with Crippen LogP contribution in [0, 0.1) is 0 Å². The maximum Gasteiger partial charge on any atom is 0.244 e. The average molecular weight is 373 g/mol. The minimum absolute atomic E-state index is 0.0415. The minimum atomic E-state index is -0.303. The zero-order valence-electron chi connectivity index (χ0n) is 15.8. The molecule has 1 atom stereocenters. The lowest BCUT2D eigenvalue weighted by molar-refractivity contribution is -0.125. The number of anilines is 2. The van der Waals surface area contributed by atoms with Gasteiger partial charge < -0.3 is 14.8 Å². The van der Waals surface area contributed by atoms with Gasteiger partial charge in [-0.1, -0.05) is 12.1 Å². The molecule has 1 aromatic carbocycles. The number of rotatable bonds is 2. The second-order valence-electron chi connectivity index (χ2n) is 7.60. The normalized spacial score (nSPS) is 24.0. The topological polar surface area (TPSA) is 71.1 Å². The van der Waals surface area contributed by atoms with E-state index in [-0.39, 0.29) is 30.0 Å². The van der Waals surface area contributed by atoms with Gasteiger partial charge in [0, 0.05) is 26.3 Å². The first-order valence-electron chi connectivity index (χ1n) is 9.74. The number of nitrogens with zero attached hydrogens (tertiary/aromatic N) is 2. The zero-order valence-corrected chi connectivity index (χ0v) is 15.8. The fourth-order valence-corrected chi connectivity index (χ4v) is 4.25.